The van der Waals surface area contributed by atoms with E-state index in [2.05, 4.69) is 4.98 Å². The van der Waals surface area contributed by atoms with Crippen LogP contribution in [0.3, 0.4) is 0 Å². The number of imidazole rings is 1. The Morgan fingerprint density at radius 3 is 2.53 bits per heavy atom. The van der Waals surface area contributed by atoms with Gasteiger partial charge in [0.1, 0.15) is 11.5 Å². The lowest BCUT2D eigenvalue weighted by atomic mass is 10.1. The third kappa shape index (κ3) is 4.43. The summed E-state index contributed by atoms with van der Waals surface area (Å²) in [5, 5.41) is 0.717. The number of ketones is 1. The van der Waals surface area contributed by atoms with E-state index >= 15 is 0 Å². The molecule has 0 amide bonds. The van der Waals surface area contributed by atoms with Gasteiger partial charge in [-0.3, -0.25) is 4.79 Å². The first-order valence-corrected chi connectivity index (χ1v) is 10.6. The zero-order valence-electron chi connectivity index (χ0n) is 17.4. The quantitative estimate of drug-likeness (QED) is 0.287. The molecular formula is C22H24N2O5S. The number of hydrogen-bond donors (Lipinski definition) is 0. The van der Waals surface area contributed by atoms with Crippen LogP contribution >= 0.6 is 11.8 Å². The molecule has 0 aliphatic heterocycles. The molecular weight excluding hydrogens is 404 g/mol. The molecule has 8 heteroatoms. The van der Waals surface area contributed by atoms with Gasteiger partial charge in [-0.1, -0.05) is 11.8 Å². The third-order valence-corrected chi connectivity index (χ3v) is 5.56. The summed E-state index contributed by atoms with van der Waals surface area (Å²) in [5.41, 5.74) is 2.55. The molecule has 3 aromatic rings. The highest BCUT2D eigenvalue weighted by Gasteiger charge is 2.18. The average Bonchev–Trinajstić information content (AvgIpc) is 3.13. The Bertz CT molecular complexity index is 1080. The average molecular weight is 429 g/mol. The number of esters is 1. The van der Waals surface area contributed by atoms with E-state index in [9.17, 15) is 9.59 Å². The van der Waals surface area contributed by atoms with Crippen LogP contribution in [0.2, 0.25) is 0 Å². The monoisotopic (exact) mass is 428 g/mol. The second-order valence-electron chi connectivity index (χ2n) is 6.34. The van der Waals surface area contributed by atoms with Gasteiger partial charge in [-0.05, 0) is 44.2 Å². The number of thioether (sulfide) groups is 1. The van der Waals surface area contributed by atoms with Crippen molar-refractivity contribution in [2.24, 2.45) is 0 Å². The molecule has 7 nitrogen and oxygen atoms in total. The molecule has 0 bridgehead atoms. The second-order valence-corrected chi connectivity index (χ2v) is 7.28. The summed E-state index contributed by atoms with van der Waals surface area (Å²) in [6.45, 7) is 4.79. The maximum absolute atomic E-state index is 12.8. The van der Waals surface area contributed by atoms with Crippen molar-refractivity contribution in [3.8, 4) is 11.5 Å². The second kappa shape index (κ2) is 9.67. The predicted molar refractivity (Wildman–Crippen MR) is 116 cm³/mol. The largest absolute Gasteiger partial charge is 0.497 e. The Morgan fingerprint density at radius 1 is 1.07 bits per heavy atom. The van der Waals surface area contributed by atoms with E-state index in [4.69, 9.17) is 14.2 Å². The lowest BCUT2D eigenvalue weighted by molar-refractivity contribution is 0.0526. The van der Waals surface area contributed by atoms with E-state index in [1.165, 1.54) is 18.9 Å². The number of rotatable bonds is 9. The van der Waals surface area contributed by atoms with E-state index in [0.717, 1.165) is 5.52 Å². The number of benzene rings is 2. The van der Waals surface area contributed by atoms with Crippen LogP contribution in [0.4, 0.5) is 0 Å². The number of methoxy groups -OCH3 is 2. The van der Waals surface area contributed by atoms with Crippen molar-refractivity contribution in [3.05, 3.63) is 47.5 Å². The minimum absolute atomic E-state index is 0.0681. The number of hydrogen-bond acceptors (Lipinski definition) is 7. The molecule has 0 unspecified atom stereocenters. The van der Waals surface area contributed by atoms with E-state index < -0.39 is 0 Å². The van der Waals surface area contributed by atoms with Gasteiger partial charge < -0.3 is 18.8 Å². The molecule has 0 saturated heterocycles. The molecule has 2 aromatic carbocycles. The Balaban J connectivity index is 1.83. The molecule has 0 aliphatic rings. The van der Waals surface area contributed by atoms with Crippen LogP contribution in [0.1, 0.15) is 34.6 Å². The van der Waals surface area contributed by atoms with Crippen LogP contribution in [0.5, 0.6) is 11.5 Å². The Hall–Kier alpha value is -3.00. The maximum atomic E-state index is 12.8. The van der Waals surface area contributed by atoms with Gasteiger partial charge in [0.2, 0.25) is 0 Å². The minimum Gasteiger partial charge on any atom is -0.497 e. The van der Waals surface area contributed by atoms with E-state index in [1.807, 2.05) is 17.6 Å². The fourth-order valence-electron chi connectivity index (χ4n) is 3.10. The number of fused-ring (bicyclic) bond motifs is 1. The SMILES string of the molecule is CCOC(=O)c1ccc2c(c1)nc(SCC(=O)c1ccc(OC)cc1OC)n2CC. The maximum Gasteiger partial charge on any atom is 0.338 e. The highest BCUT2D eigenvalue weighted by molar-refractivity contribution is 7.99. The normalized spacial score (nSPS) is 10.8. The van der Waals surface area contributed by atoms with Gasteiger partial charge in [0.25, 0.3) is 0 Å². The molecule has 0 saturated carbocycles. The molecule has 30 heavy (non-hydrogen) atoms. The number of aryl methyl sites for hydroxylation is 1. The van der Waals surface area contributed by atoms with Crippen LogP contribution in [-0.4, -0.2) is 47.9 Å². The number of nitrogens with zero attached hydrogens (tertiary/aromatic N) is 2. The Labute approximate surface area is 179 Å². The number of ether oxygens (including phenoxy) is 3. The first kappa shape index (κ1) is 21.7. The fourth-order valence-corrected chi connectivity index (χ4v) is 4.06. The summed E-state index contributed by atoms with van der Waals surface area (Å²) in [5.74, 6) is 0.864. The van der Waals surface area contributed by atoms with Crippen LogP contribution in [0, 0.1) is 0 Å². The molecule has 0 spiro atoms. The summed E-state index contributed by atoms with van der Waals surface area (Å²) in [7, 11) is 3.09. The third-order valence-electron chi connectivity index (χ3n) is 4.58. The summed E-state index contributed by atoms with van der Waals surface area (Å²) in [6, 6.07) is 10.4. The first-order chi connectivity index (χ1) is 14.5. The zero-order chi connectivity index (χ0) is 21.7. The molecule has 0 N–H and O–H groups in total. The van der Waals surface area contributed by atoms with E-state index in [1.54, 1.807) is 44.4 Å². The van der Waals surface area contributed by atoms with Crippen molar-refractivity contribution in [1.82, 2.24) is 9.55 Å². The molecule has 0 radical (unpaired) electrons. The number of carbonyl (C=O) groups is 2. The Kier molecular flexibility index (Phi) is 6.99. The first-order valence-electron chi connectivity index (χ1n) is 9.57. The van der Waals surface area contributed by atoms with E-state index in [0.29, 0.717) is 46.5 Å². The number of aromatic nitrogens is 2. The molecule has 1 aromatic heterocycles. The molecule has 158 valence electrons. The fraction of sp³-hybridized carbons (Fsp3) is 0.318. The summed E-state index contributed by atoms with van der Waals surface area (Å²) in [4.78, 5) is 29.4. The minimum atomic E-state index is -0.374. The highest BCUT2D eigenvalue weighted by atomic mass is 32.2. The molecule has 3 rings (SSSR count). The van der Waals surface area contributed by atoms with Gasteiger partial charge in [-0.15, -0.1) is 0 Å². The smallest absolute Gasteiger partial charge is 0.338 e. The van der Waals surface area contributed by atoms with Crippen LogP contribution in [-0.2, 0) is 11.3 Å². The topological polar surface area (TPSA) is 79.7 Å². The highest BCUT2D eigenvalue weighted by Crippen LogP contribution is 2.29. The molecule has 0 fully saturated rings. The number of Topliss-reactive ketones (excluding diaryl/α,β-unsaturated/α-hetero) is 1. The van der Waals surface area contributed by atoms with Crippen molar-refractivity contribution in [2.75, 3.05) is 26.6 Å². The lowest BCUT2D eigenvalue weighted by Crippen LogP contribution is -2.06. The van der Waals surface area contributed by atoms with Crippen LogP contribution in [0.25, 0.3) is 11.0 Å². The van der Waals surface area contributed by atoms with Crippen molar-refractivity contribution in [2.45, 2.75) is 25.5 Å². The van der Waals surface area contributed by atoms with Gasteiger partial charge in [0.05, 0.1) is 48.7 Å². The molecule has 1 heterocycles. The van der Waals surface area contributed by atoms with Crippen molar-refractivity contribution in [1.29, 1.82) is 0 Å². The van der Waals surface area contributed by atoms with Gasteiger partial charge >= 0.3 is 5.97 Å². The summed E-state index contributed by atoms with van der Waals surface area (Å²) in [6.07, 6.45) is 0. The van der Waals surface area contributed by atoms with Gasteiger partial charge in [-0.2, -0.15) is 0 Å². The van der Waals surface area contributed by atoms with Crippen molar-refractivity contribution >= 4 is 34.5 Å². The number of carbonyl (C=O) groups excluding carboxylic acids is 2. The van der Waals surface area contributed by atoms with E-state index in [-0.39, 0.29) is 17.5 Å². The predicted octanol–water partition coefficient (Wildman–Crippen LogP) is 4.23. The van der Waals surface area contributed by atoms with Crippen LogP contribution in [0.15, 0.2) is 41.6 Å². The van der Waals surface area contributed by atoms with Crippen molar-refractivity contribution < 1.29 is 23.8 Å². The molecule has 0 aliphatic carbocycles. The lowest BCUT2D eigenvalue weighted by Gasteiger charge is -2.10. The zero-order valence-corrected chi connectivity index (χ0v) is 18.2. The van der Waals surface area contributed by atoms with Crippen LogP contribution < -0.4 is 9.47 Å². The molecule has 0 atom stereocenters. The van der Waals surface area contributed by atoms with Gasteiger partial charge in [-0.25, -0.2) is 9.78 Å². The Morgan fingerprint density at radius 2 is 1.87 bits per heavy atom. The van der Waals surface area contributed by atoms with Gasteiger partial charge in [0.15, 0.2) is 10.9 Å². The van der Waals surface area contributed by atoms with Gasteiger partial charge in [0, 0.05) is 12.6 Å². The van der Waals surface area contributed by atoms with Crippen molar-refractivity contribution in [3.63, 3.8) is 0 Å². The summed E-state index contributed by atoms with van der Waals surface area (Å²) >= 11 is 1.35. The standard InChI is InChI=1S/C22H24N2O5S/c1-5-24-18-10-7-14(21(26)29-6-2)11-17(18)23-22(24)30-13-19(25)16-9-8-15(27-3)12-20(16)28-4/h7-12H,5-6,13H2,1-4H3. The summed E-state index contributed by atoms with van der Waals surface area (Å²) < 4.78 is 17.6.